The third kappa shape index (κ3) is 1.62. The van der Waals surface area contributed by atoms with Crippen LogP contribution >= 0.6 is 0 Å². The number of aromatic nitrogens is 2. The Kier molecular flexibility index (Phi) is 2.21. The molecule has 0 bridgehead atoms. The summed E-state index contributed by atoms with van der Waals surface area (Å²) >= 11 is 0. The minimum atomic E-state index is -0.130. The summed E-state index contributed by atoms with van der Waals surface area (Å²) in [6.45, 7) is 1.82. The number of aryl methyl sites for hydroxylation is 1. The van der Waals surface area contributed by atoms with Gasteiger partial charge in [0.05, 0.1) is 0 Å². The number of hydrogen-bond acceptors (Lipinski definition) is 3. The molecule has 1 aliphatic rings. The number of pyridine rings is 1. The quantitative estimate of drug-likeness (QED) is 0.816. The second-order valence-electron chi connectivity index (χ2n) is 4.16. The van der Waals surface area contributed by atoms with Gasteiger partial charge in [0.25, 0.3) is 0 Å². The molecule has 2 heterocycles. The summed E-state index contributed by atoms with van der Waals surface area (Å²) < 4.78 is 4.99. The fourth-order valence-corrected chi connectivity index (χ4v) is 2.02. The number of fused-ring (bicyclic) bond motifs is 1. The summed E-state index contributed by atoms with van der Waals surface area (Å²) in [6.07, 6.45) is 8.33. The van der Waals surface area contributed by atoms with Crippen molar-refractivity contribution in [3.63, 3.8) is 0 Å². The smallest absolute Gasteiger partial charge is 0.230 e. The van der Waals surface area contributed by atoms with E-state index in [9.17, 15) is 4.79 Å². The Morgan fingerprint density at radius 2 is 2.29 bits per heavy atom. The van der Waals surface area contributed by atoms with Crippen LogP contribution < -0.4 is 5.43 Å². The molecule has 0 atom stereocenters. The van der Waals surface area contributed by atoms with Crippen molar-refractivity contribution in [2.45, 2.75) is 19.8 Å². The maximum absolute atomic E-state index is 11.9. The number of aromatic amines is 1. The van der Waals surface area contributed by atoms with Gasteiger partial charge in [-0.1, -0.05) is 23.4 Å². The monoisotopic (exact) mass is 228 g/mol. The molecule has 0 unspecified atom stereocenters. The Morgan fingerprint density at radius 3 is 3.06 bits per heavy atom. The molecule has 4 nitrogen and oxygen atoms in total. The van der Waals surface area contributed by atoms with Gasteiger partial charge < -0.3 is 9.51 Å². The number of rotatable bonds is 1. The second-order valence-corrected chi connectivity index (χ2v) is 4.16. The van der Waals surface area contributed by atoms with Gasteiger partial charge >= 0.3 is 0 Å². The highest BCUT2D eigenvalue weighted by atomic mass is 16.5. The number of H-pyrrole nitrogens is 1. The first-order chi connectivity index (χ1) is 8.25. The zero-order valence-electron chi connectivity index (χ0n) is 9.49. The van der Waals surface area contributed by atoms with Crippen LogP contribution in [-0.2, 0) is 0 Å². The van der Waals surface area contributed by atoms with Crippen LogP contribution in [0.25, 0.3) is 16.7 Å². The third-order valence-electron chi connectivity index (χ3n) is 2.93. The lowest BCUT2D eigenvalue weighted by Gasteiger charge is -2.06. The number of allylic oxidation sites excluding steroid dienone is 4. The van der Waals surface area contributed by atoms with Crippen LogP contribution in [0, 0.1) is 6.92 Å². The molecule has 2 aromatic rings. The van der Waals surface area contributed by atoms with Gasteiger partial charge in [-0.3, -0.25) is 4.79 Å². The molecule has 0 amide bonds. The van der Waals surface area contributed by atoms with Crippen molar-refractivity contribution in [2.24, 2.45) is 0 Å². The summed E-state index contributed by atoms with van der Waals surface area (Å²) in [5.74, 6) is 0. The van der Waals surface area contributed by atoms with Crippen molar-refractivity contribution in [3.8, 4) is 0 Å². The molecule has 0 aromatic carbocycles. The van der Waals surface area contributed by atoms with Crippen molar-refractivity contribution in [3.05, 3.63) is 45.9 Å². The Morgan fingerprint density at radius 1 is 1.41 bits per heavy atom. The van der Waals surface area contributed by atoms with Crippen LogP contribution in [0.4, 0.5) is 0 Å². The van der Waals surface area contributed by atoms with E-state index in [1.54, 1.807) is 6.07 Å². The lowest BCUT2D eigenvalue weighted by molar-refractivity contribution is 0.448. The van der Waals surface area contributed by atoms with E-state index < -0.39 is 0 Å². The first-order valence-electron chi connectivity index (χ1n) is 5.62. The number of hydrogen-bond donors (Lipinski definition) is 1. The minimum Gasteiger partial charge on any atom is -0.350 e. The van der Waals surface area contributed by atoms with E-state index in [2.05, 4.69) is 22.3 Å². The van der Waals surface area contributed by atoms with Crippen molar-refractivity contribution in [2.75, 3.05) is 0 Å². The zero-order chi connectivity index (χ0) is 11.8. The molecule has 1 aliphatic carbocycles. The Hall–Kier alpha value is -2.10. The maximum Gasteiger partial charge on any atom is 0.230 e. The highest BCUT2D eigenvalue weighted by molar-refractivity contribution is 5.80. The van der Waals surface area contributed by atoms with Crippen LogP contribution in [0.5, 0.6) is 0 Å². The fraction of sp³-hybridized carbons (Fsp3) is 0.231. The molecule has 0 aliphatic heterocycles. The summed E-state index contributed by atoms with van der Waals surface area (Å²) in [7, 11) is 0. The largest absolute Gasteiger partial charge is 0.350 e. The molecule has 1 N–H and O–H groups in total. The van der Waals surface area contributed by atoms with Gasteiger partial charge in [-0.15, -0.1) is 0 Å². The van der Waals surface area contributed by atoms with Crippen molar-refractivity contribution in [1.82, 2.24) is 10.1 Å². The van der Waals surface area contributed by atoms with Crippen LogP contribution in [0.2, 0.25) is 0 Å². The predicted octanol–water partition coefficient (Wildman–Crippen LogP) is 2.56. The Bertz CT molecular complexity index is 689. The molecule has 0 radical (unpaired) electrons. The standard InChI is InChI=1S/C13H12N2O2/c1-8-12-13(17-15-8)11(16)7-10(14-12)9-5-3-2-4-6-9/h3,5-7H,2,4H2,1H3,(H,14,16). The van der Waals surface area contributed by atoms with E-state index in [-0.39, 0.29) is 5.43 Å². The average Bonchev–Trinajstić information content (AvgIpc) is 2.73. The highest BCUT2D eigenvalue weighted by Crippen LogP contribution is 2.21. The maximum atomic E-state index is 11.9. The van der Waals surface area contributed by atoms with Crippen LogP contribution in [0.15, 0.2) is 33.6 Å². The summed E-state index contributed by atoms with van der Waals surface area (Å²) in [5.41, 5.74) is 3.44. The van der Waals surface area contributed by atoms with Gasteiger partial charge in [0.2, 0.25) is 11.0 Å². The summed E-state index contributed by atoms with van der Waals surface area (Å²) in [4.78, 5) is 15.1. The van der Waals surface area contributed by atoms with Crippen molar-refractivity contribution < 1.29 is 4.52 Å². The average molecular weight is 228 g/mol. The summed E-state index contributed by atoms with van der Waals surface area (Å²) in [6, 6.07) is 1.56. The molecular weight excluding hydrogens is 216 g/mol. The second kappa shape index (κ2) is 3.73. The molecule has 0 spiro atoms. The SMILES string of the molecule is Cc1noc2c(=O)cc(C3=CCCC=C3)[nH]c12. The van der Waals surface area contributed by atoms with E-state index >= 15 is 0 Å². The van der Waals surface area contributed by atoms with Gasteiger partial charge in [-0.2, -0.15) is 0 Å². The van der Waals surface area contributed by atoms with Crippen molar-refractivity contribution in [1.29, 1.82) is 0 Å². The summed E-state index contributed by atoms with van der Waals surface area (Å²) in [5, 5.41) is 3.80. The topological polar surface area (TPSA) is 58.9 Å². The molecule has 0 saturated heterocycles. The van der Waals surface area contributed by atoms with Crippen LogP contribution in [0.3, 0.4) is 0 Å². The van der Waals surface area contributed by atoms with Crippen LogP contribution in [0.1, 0.15) is 24.2 Å². The van der Waals surface area contributed by atoms with E-state index in [0.29, 0.717) is 16.8 Å². The molecule has 86 valence electrons. The Balaban J connectivity index is 2.24. The van der Waals surface area contributed by atoms with E-state index in [1.165, 1.54) is 0 Å². The van der Waals surface area contributed by atoms with Gasteiger partial charge in [0, 0.05) is 11.8 Å². The molecule has 3 rings (SSSR count). The fourth-order valence-electron chi connectivity index (χ4n) is 2.02. The third-order valence-corrected chi connectivity index (χ3v) is 2.93. The molecule has 2 aromatic heterocycles. The molecule has 0 fully saturated rings. The van der Waals surface area contributed by atoms with Gasteiger partial charge in [-0.05, 0) is 25.3 Å². The first kappa shape index (κ1) is 10.1. The zero-order valence-corrected chi connectivity index (χ0v) is 9.49. The number of nitrogens with zero attached hydrogens (tertiary/aromatic N) is 1. The van der Waals surface area contributed by atoms with E-state index in [4.69, 9.17) is 4.52 Å². The molecule has 4 heteroatoms. The van der Waals surface area contributed by atoms with Crippen molar-refractivity contribution >= 4 is 16.7 Å². The normalized spacial score (nSPS) is 15.2. The first-order valence-corrected chi connectivity index (χ1v) is 5.62. The highest BCUT2D eigenvalue weighted by Gasteiger charge is 2.11. The Labute approximate surface area is 97.6 Å². The van der Waals surface area contributed by atoms with Gasteiger partial charge in [0.15, 0.2) is 0 Å². The molecule has 0 saturated carbocycles. The lowest BCUT2D eigenvalue weighted by atomic mass is 10.0. The molecular formula is C13H12N2O2. The lowest BCUT2D eigenvalue weighted by Crippen LogP contribution is -2.03. The van der Waals surface area contributed by atoms with Crippen LogP contribution in [-0.4, -0.2) is 10.1 Å². The van der Waals surface area contributed by atoms with Gasteiger partial charge in [-0.25, -0.2) is 0 Å². The number of nitrogens with one attached hydrogen (secondary N) is 1. The minimum absolute atomic E-state index is 0.130. The predicted molar refractivity (Wildman–Crippen MR) is 65.7 cm³/mol. The van der Waals surface area contributed by atoms with E-state index in [0.717, 1.165) is 24.1 Å². The van der Waals surface area contributed by atoms with E-state index in [1.807, 2.05) is 13.0 Å². The van der Waals surface area contributed by atoms with Gasteiger partial charge in [0.1, 0.15) is 11.2 Å². The molecule has 17 heavy (non-hydrogen) atoms.